The molecule has 1 atom stereocenters. The van der Waals surface area contributed by atoms with E-state index in [0.29, 0.717) is 29.1 Å². The van der Waals surface area contributed by atoms with Gasteiger partial charge in [0.1, 0.15) is 22.9 Å². The van der Waals surface area contributed by atoms with Crippen LogP contribution in [-0.4, -0.2) is 26.9 Å². The summed E-state index contributed by atoms with van der Waals surface area (Å²) in [5.41, 5.74) is 1.93. The fraction of sp³-hybridized carbons (Fsp3) is 0.375. The topological polar surface area (TPSA) is 55.7 Å². The third kappa shape index (κ3) is 1.98. The Balaban J connectivity index is 1.84. The number of nitrogens with one attached hydrogen (secondary N) is 1. The first-order valence-electron chi connectivity index (χ1n) is 7.45. The van der Waals surface area contributed by atoms with Gasteiger partial charge in [-0.15, -0.1) is 0 Å². The normalized spacial score (nSPS) is 16.1. The number of nitrogens with zero attached hydrogens (tertiary/aromatic N) is 3. The molecule has 22 heavy (non-hydrogen) atoms. The molecule has 1 fully saturated rings. The zero-order valence-electron chi connectivity index (χ0n) is 12.5. The molecule has 2 aromatic heterocycles. The van der Waals surface area contributed by atoms with Crippen molar-refractivity contribution in [3.63, 3.8) is 0 Å². The Morgan fingerprint density at radius 3 is 2.95 bits per heavy atom. The summed E-state index contributed by atoms with van der Waals surface area (Å²) < 4.78 is 21.4. The molecule has 0 radical (unpaired) electrons. The Bertz CT molecular complexity index is 834. The standard InChI is InChI=1S/C16H17FN4O/c1-9(10-6-7-10)21-16-12(8-18-21)19-15(20-16)14-11(17)4-3-5-13(14)22-2/h3-5,8-10H,6-7H2,1-2H3,(H,19,20). The van der Waals surface area contributed by atoms with E-state index >= 15 is 0 Å². The number of hydrogen-bond acceptors (Lipinski definition) is 3. The lowest BCUT2D eigenvalue weighted by atomic mass is 10.2. The van der Waals surface area contributed by atoms with E-state index < -0.39 is 0 Å². The number of H-pyrrole nitrogens is 1. The van der Waals surface area contributed by atoms with Crippen LogP contribution in [0.1, 0.15) is 25.8 Å². The first-order chi connectivity index (χ1) is 10.7. The number of aromatic nitrogens is 4. The van der Waals surface area contributed by atoms with Gasteiger partial charge < -0.3 is 9.72 Å². The molecular weight excluding hydrogens is 283 g/mol. The van der Waals surface area contributed by atoms with Gasteiger partial charge in [-0.25, -0.2) is 14.1 Å². The lowest BCUT2D eigenvalue weighted by Gasteiger charge is -2.10. The SMILES string of the molecule is COc1cccc(F)c1-c1nc2c(cnn2C(C)C2CC2)[nH]1. The fourth-order valence-electron chi connectivity index (χ4n) is 2.92. The average Bonchev–Trinajstić information content (AvgIpc) is 3.17. The summed E-state index contributed by atoms with van der Waals surface area (Å²) >= 11 is 0. The van der Waals surface area contributed by atoms with E-state index in [2.05, 4.69) is 22.0 Å². The molecule has 0 bridgehead atoms. The quantitative estimate of drug-likeness (QED) is 0.801. The molecule has 0 saturated heterocycles. The minimum absolute atomic E-state index is 0.316. The Labute approximate surface area is 127 Å². The summed E-state index contributed by atoms with van der Waals surface area (Å²) in [6.07, 6.45) is 4.22. The smallest absolute Gasteiger partial charge is 0.177 e. The number of hydrogen-bond donors (Lipinski definition) is 1. The zero-order valence-corrected chi connectivity index (χ0v) is 12.5. The zero-order chi connectivity index (χ0) is 15.3. The monoisotopic (exact) mass is 300 g/mol. The van der Waals surface area contributed by atoms with Crippen molar-refractivity contribution in [3.8, 4) is 17.1 Å². The summed E-state index contributed by atoms with van der Waals surface area (Å²) in [4.78, 5) is 7.72. The van der Waals surface area contributed by atoms with Crippen molar-refractivity contribution < 1.29 is 9.13 Å². The van der Waals surface area contributed by atoms with Crippen LogP contribution >= 0.6 is 0 Å². The summed E-state index contributed by atoms with van der Waals surface area (Å²) in [7, 11) is 1.53. The van der Waals surface area contributed by atoms with Gasteiger partial charge in [-0.05, 0) is 37.8 Å². The predicted octanol–water partition coefficient (Wildman–Crippen LogP) is 3.55. The van der Waals surface area contributed by atoms with Gasteiger partial charge in [0.05, 0.1) is 24.9 Å². The van der Waals surface area contributed by atoms with E-state index in [9.17, 15) is 4.39 Å². The van der Waals surface area contributed by atoms with Crippen molar-refractivity contribution in [1.29, 1.82) is 0 Å². The predicted molar refractivity (Wildman–Crippen MR) is 81.3 cm³/mol. The van der Waals surface area contributed by atoms with E-state index in [1.807, 2.05) is 4.68 Å². The van der Waals surface area contributed by atoms with Gasteiger partial charge in [0.15, 0.2) is 5.65 Å². The van der Waals surface area contributed by atoms with Crippen LogP contribution in [0.4, 0.5) is 4.39 Å². The molecule has 1 aliphatic carbocycles. The second-order valence-corrected chi connectivity index (χ2v) is 5.81. The van der Waals surface area contributed by atoms with Crippen LogP contribution in [0.3, 0.4) is 0 Å². The first-order valence-corrected chi connectivity index (χ1v) is 7.45. The molecule has 0 aliphatic heterocycles. The van der Waals surface area contributed by atoms with Gasteiger partial charge >= 0.3 is 0 Å². The molecule has 1 aliphatic rings. The van der Waals surface area contributed by atoms with E-state index in [4.69, 9.17) is 4.74 Å². The third-order valence-corrected chi connectivity index (χ3v) is 4.36. The van der Waals surface area contributed by atoms with Gasteiger partial charge in [-0.3, -0.25) is 0 Å². The lowest BCUT2D eigenvalue weighted by molar-refractivity contribution is 0.413. The second kappa shape index (κ2) is 4.83. The first kappa shape index (κ1) is 13.3. The summed E-state index contributed by atoms with van der Waals surface area (Å²) in [6, 6.07) is 5.07. The highest BCUT2D eigenvalue weighted by Crippen LogP contribution is 2.40. The highest BCUT2D eigenvalue weighted by molar-refractivity contribution is 5.78. The summed E-state index contributed by atoms with van der Waals surface area (Å²) in [6.45, 7) is 2.15. The van der Waals surface area contributed by atoms with E-state index in [1.165, 1.54) is 26.0 Å². The highest BCUT2D eigenvalue weighted by Gasteiger charge is 2.31. The van der Waals surface area contributed by atoms with Crippen molar-refractivity contribution >= 4 is 11.2 Å². The largest absolute Gasteiger partial charge is 0.496 e. The van der Waals surface area contributed by atoms with Crippen LogP contribution in [0, 0.1) is 11.7 Å². The van der Waals surface area contributed by atoms with Crippen LogP contribution in [0.25, 0.3) is 22.6 Å². The summed E-state index contributed by atoms with van der Waals surface area (Å²) in [5.74, 6) is 1.25. The van der Waals surface area contributed by atoms with Crippen molar-refractivity contribution in [2.75, 3.05) is 7.11 Å². The van der Waals surface area contributed by atoms with Crippen molar-refractivity contribution in [3.05, 3.63) is 30.2 Å². The molecule has 1 unspecified atom stereocenters. The molecule has 5 nitrogen and oxygen atoms in total. The number of imidazole rings is 1. The minimum atomic E-state index is -0.356. The fourth-order valence-corrected chi connectivity index (χ4v) is 2.92. The third-order valence-electron chi connectivity index (χ3n) is 4.36. The molecular formula is C16H17FN4O. The Morgan fingerprint density at radius 2 is 2.23 bits per heavy atom. The van der Waals surface area contributed by atoms with Crippen LogP contribution in [-0.2, 0) is 0 Å². The number of ether oxygens (including phenoxy) is 1. The van der Waals surface area contributed by atoms with Crippen molar-refractivity contribution in [2.24, 2.45) is 5.92 Å². The van der Waals surface area contributed by atoms with Crippen LogP contribution in [0.2, 0.25) is 0 Å². The Kier molecular flexibility index (Phi) is 2.92. The maximum absolute atomic E-state index is 14.2. The summed E-state index contributed by atoms with van der Waals surface area (Å²) in [5, 5.41) is 4.41. The average molecular weight is 300 g/mol. The number of rotatable bonds is 4. The lowest BCUT2D eigenvalue weighted by Crippen LogP contribution is -2.08. The molecule has 6 heteroatoms. The van der Waals surface area contributed by atoms with E-state index in [1.54, 1.807) is 18.3 Å². The van der Waals surface area contributed by atoms with Crippen LogP contribution in [0.5, 0.6) is 5.75 Å². The maximum Gasteiger partial charge on any atom is 0.177 e. The van der Waals surface area contributed by atoms with E-state index in [0.717, 1.165) is 11.2 Å². The molecule has 1 aromatic carbocycles. The van der Waals surface area contributed by atoms with Gasteiger partial charge in [0.25, 0.3) is 0 Å². The minimum Gasteiger partial charge on any atom is -0.496 e. The molecule has 4 rings (SSSR count). The van der Waals surface area contributed by atoms with Crippen LogP contribution < -0.4 is 4.74 Å². The van der Waals surface area contributed by atoms with Gasteiger partial charge in [0.2, 0.25) is 0 Å². The molecule has 0 spiro atoms. The molecule has 2 heterocycles. The Morgan fingerprint density at radius 1 is 1.41 bits per heavy atom. The second-order valence-electron chi connectivity index (χ2n) is 5.81. The number of aromatic amines is 1. The molecule has 3 aromatic rings. The van der Waals surface area contributed by atoms with Crippen LogP contribution in [0.15, 0.2) is 24.4 Å². The maximum atomic E-state index is 14.2. The number of fused-ring (bicyclic) bond motifs is 1. The van der Waals surface area contributed by atoms with Gasteiger partial charge in [-0.1, -0.05) is 6.07 Å². The molecule has 1 N–H and O–H groups in total. The van der Waals surface area contributed by atoms with Crippen molar-refractivity contribution in [2.45, 2.75) is 25.8 Å². The molecule has 0 amide bonds. The molecule has 114 valence electrons. The number of halogens is 1. The Hall–Kier alpha value is -2.37. The van der Waals surface area contributed by atoms with Gasteiger partial charge in [-0.2, -0.15) is 5.10 Å². The van der Waals surface area contributed by atoms with Gasteiger partial charge in [0, 0.05) is 0 Å². The molecule has 1 saturated carbocycles. The number of benzene rings is 1. The van der Waals surface area contributed by atoms with E-state index in [-0.39, 0.29) is 5.82 Å². The van der Waals surface area contributed by atoms with Crippen molar-refractivity contribution in [1.82, 2.24) is 19.7 Å². The highest BCUT2D eigenvalue weighted by atomic mass is 19.1. The number of methoxy groups -OCH3 is 1.